The van der Waals surface area contributed by atoms with Crippen LogP contribution in [-0.2, 0) is 38.6 Å². The second-order valence-electron chi connectivity index (χ2n) is 10.3. The van der Waals surface area contributed by atoms with Crippen molar-refractivity contribution in [2.24, 2.45) is 11.5 Å². The van der Waals surface area contributed by atoms with Crippen molar-refractivity contribution in [1.29, 1.82) is 0 Å². The van der Waals surface area contributed by atoms with Gasteiger partial charge in [0.25, 0.3) is 0 Å². The maximum atomic E-state index is 13.3. The van der Waals surface area contributed by atoms with Gasteiger partial charge in [0.05, 0.1) is 6.04 Å². The van der Waals surface area contributed by atoms with E-state index in [4.69, 9.17) is 16.2 Å². The minimum absolute atomic E-state index is 0.168. The predicted molar refractivity (Wildman–Crippen MR) is 164 cm³/mol. The standard InChI is InChI=1S/C33H41N5O5/c34-27(20-19-24-12-4-1-5-13-24)31(40)38-29(22-25-14-6-2-7-15-25)32(41)37-28(30(35)39)18-10-11-21-36-33(42)43-23-26-16-8-3-9-17-26/h1-9,12-17,27-29H,10-11,18-23,34H2,(H2,35,39)(H,36,42)(H,37,41)(H,38,40)/t27-,28-,29-/m0/s1. The third-order valence-electron chi connectivity index (χ3n) is 6.90. The molecule has 3 aromatic carbocycles. The van der Waals surface area contributed by atoms with Gasteiger partial charge in [-0.15, -0.1) is 0 Å². The number of ether oxygens (including phenoxy) is 1. The summed E-state index contributed by atoms with van der Waals surface area (Å²) in [5.74, 6) is -1.67. The second kappa shape index (κ2) is 18.0. The van der Waals surface area contributed by atoms with Gasteiger partial charge in [-0.2, -0.15) is 0 Å². The highest BCUT2D eigenvalue weighted by Gasteiger charge is 2.27. The van der Waals surface area contributed by atoms with Crippen LogP contribution in [0.15, 0.2) is 91.0 Å². The third kappa shape index (κ3) is 12.4. The van der Waals surface area contributed by atoms with Crippen LogP contribution in [0.2, 0.25) is 0 Å². The highest BCUT2D eigenvalue weighted by atomic mass is 16.5. The molecule has 0 aromatic heterocycles. The monoisotopic (exact) mass is 587 g/mol. The molecule has 0 unspecified atom stereocenters. The first kappa shape index (κ1) is 32.8. The fourth-order valence-electron chi connectivity index (χ4n) is 4.43. The van der Waals surface area contributed by atoms with Gasteiger partial charge in [0.15, 0.2) is 0 Å². The summed E-state index contributed by atoms with van der Waals surface area (Å²) in [5.41, 5.74) is 14.5. The fraction of sp³-hybridized carbons (Fsp3) is 0.333. The molecule has 43 heavy (non-hydrogen) atoms. The van der Waals surface area contributed by atoms with E-state index >= 15 is 0 Å². The number of hydrogen-bond acceptors (Lipinski definition) is 6. The molecular weight excluding hydrogens is 546 g/mol. The van der Waals surface area contributed by atoms with Crippen molar-refractivity contribution in [1.82, 2.24) is 16.0 Å². The van der Waals surface area contributed by atoms with E-state index in [1.165, 1.54) is 0 Å². The number of amides is 4. The SMILES string of the molecule is NC(=O)[C@H](CCCCNC(=O)OCc1ccccc1)NC(=O)[C@H](Cc1ccccc1)NC(=O)[C@@H](N)CCc1ccccc1. The normalized spacial score (nSPS) is 12.8. The Kier molecular flexibility index (Phi) is 13.7. The zero-order valence-corrected chi connectivity index (χ0v) is 24.2. The number of primary amides is 1. The molecule has 7 N–H and O–H groups in total. The van der Waals surface area contributed by atoms with E-state index in [1.54, 1.807) is 0 Å². The van der Waals surface area contributed by atoms with E-state index in [9.17, 15) is 19.2 Å². The minimum Gasteiger partial charge on any atom is -0.445 e. The van der Waals surface area contributed by atoms with Gasteiger partial charge in [0.1, 0.15) is 18.7 Å². The van der Waals surface area contributed by atoms with Crippen molar-refractivity contribution in [3.63, 3.8) is 0 Å². The summed E-state index contributed by atoms with van der Waals surface area (Å²) in [4.78, 5) is 50.4. The van der Waals surface area contributed by atoms with Crippen LogP contribution in [0.3, 0.4) is 0 Å². The lowest BCUT2D eigenvalue weighted by atomic mass is 10.0. The molecule has 3 rings (SSSR count). The summed E-state index contributed by atoms with van der Waals surface area (Å²) in [6, 6.07) is 25.6. The van der Waals surface area contributed by atoms with Crippen molar-refractivity contribution in [2.45, 2.75) is 63.3 Å². The molecular formula is C33H41N5O5. The molecule has 0 heterocycles. The molecule has 0 bridgehead atoms. The Morgan fingerprint density at radius 1 is 0.674 bits per heavy atom. The van der Waals surface area contributed by atoms with E-state index in [2.05, 4.69) is 16.0 Å². The molecule has 0 radical (unpaired) electrons. The Bertz CT molecular complexity index is 1290. The summed E-state index contributed by atoms with van der Waals surface area (Å²) in [6.45, 7) is 0.502. The molecule has 10 nitrogen and oxygen atoms in total. The summed E-state index contributed by atoms with van der Waals surface area (Å²) in [5, 5.41) is 8.14. The number of alkyl carbamates (subject to hydrolysis) is 1. The molecule has 228 valence electrons. The highest BCUT2D eigenvalue weighted by molar-refractivity contribution is 5.92. The number of carbonyl (C=O) groups is 4. The number of nitrogens with one attached hydrogen (secondary N) is 3. The summed E-state index contributed by atoms with van der Waals surface area (Å²) in [6.07, 6.45) is 2.02. The molecule has 0 aliphatic rings. The van der Waals surface area contributed by atoms with Crippen LogP contribution < -0.4 is 27.4 Å². The lowest BCUT2D eigenvalue weighted by Crippen LogP contribution is -2.56. The van der Waals surface area contributed by atoms with Crippen LogP contribution in [0.5, 0.6) is 0 Å². The number of carbonyl (C=O) groups excluding carboxylic acids is 4. The second-order valence-corrected chi connectivity index (χ2v) is 10.3. The first-order valence-corrected chi connectivity index (χ1v) is 14.5. The van der Waals surface area contributed by atoms with Gasteiger partial charge >= 0.3 is 6.09 Å². The maximum Gasteiger partial charge on any atom is 0.407 e. The number of benzene rings is 3. The Morgan fingerprint density at radius 2 is 1.23 bits per heavy atom. The molecule has 0 saturated carbocycles. The third-order valence-corrected chi connectivity index (χ3v) is 6.90. The number of hydrogen-bond donors (Lipinski definition) is 5. The molecule has 0 spiro atoms. The van der Waals surface area contributed by atoms with Crippen LogP contribution in [-0.4, -0.2) is 48.5 Å². The van der Waals surface area contributed by atoms with Crippen LogP contribution >= 0.6 is 0 Å². The van der Waals surface area contributed by atoms with Crippen LogP contribution in [0.4, 0.5) is 4.79 Å². The lowest BCUT2D eigenvalue weighted by molar-refractivity contribution is -0.131. The summed E-state index contributed by atoms with van der Waals surface area (Å²) in [7, 11) is 0. The molecule has 0 fully saturated rings. The smallest absolute Gasteiger partial charge is 0.407 e. The Hall–Kier alpha value is -4.70. The first-order valence-electron chi connectivity index (χ1n) is 14.5. The van der Waals surface area contributed by atoms with Gasteiger partial charge in [0, 0.05) is 13.0 Å². The van der Waals surface area contributed by atoms with Crippen molar-refractivity contribution < 1.29 is 23.9 Å². The molecule has 0 saturated heterocycles. The Labute approximate surface area is 252 Å². The van der Waals surface area contributed by atoms with Gasteiger partial charge in [-0.05, 0) is 48.8 Å². The number of nitrogens with two attached hydrogens (primary N) is 2. The zero-order chi connectivity index (χ0) is 30.9. The van der Waals surface area contributed by atoms with Crippen molar-refractivity contribution in [2.75, 3.05) is 6.54 Å². The van der Waals surface area contributed by atoms with Gasteiger partial charge < -0.3 is 32.2 Å². The van der Waals surface area contributed by atoms with Crippen molar-refractivity contribution in [3.8, 4) is 0 Å². The van der Waals surface area contributed by atoms with Gasteiger partial charge in [-0.3, -0.25) is 14.4 Å². The maximum absolute atomic E-state index is 13.3. The number of aryl methyl sites for hydroxylation is 1. The van der Waals surface area contributed by atoms with E-state index in [0.29, 0.717) is 32.2 Å². The van der Waals surface area contributed by atoms with Crippen molar-refractivity contribution in [3.05, 3.63) is 108 Å². The quantitative estimate of drug-likeness (QED) is 0.152. The molecule has 3 aromatic rings. The fourth-order valence-corrected chi connectivity index (χ4v) is 4.43. The summed E-state index contributed by atoms with van der Waals surface area (Å²) >= 11 is 0. The van der Waals surface area contributed by atoms with Crippen molar-refractivity contribution >= 4 is 23.8 Å². The van der Waals surface area contributed by atoms with E-state index in [-0.39, 0.29) is 19.4 Å². The molecule has 3 atom stereocenters. The lowest BCUT2D eigenvalue weighted by Gasteiger charge is -2.23. The van der Waals surface area contributed by atoms with E-state index in [0.717, 1.165) is 16.7 Å². The summed E-state index contributed by atoms with van der Waals surface area (Å²) < 4.78 is 5.18. The minimum atomic E-state index is -0.958. The van der Waals surface area contributed by atoms with E-state index in [1.807, 2.05) is 91.0 Å². The van der Waals surface area contributed by atoms with Gasteiger partial charge in [0.2, 0.25) is 17.7 Å². The first-order chi connectivity index (χ1) is 20.8. The van der Waals surface area contributed by atoms with Crippen LogP contribution in [0.1, 0.15) is 42.4 Å². The number of unbranched alkanes of at least 4 members (excludes halogenated alkanes) is 1. The molecule has 0 aliphatic heterocycles. The molecule has 10 heteroatoms. The van der Waals surface area contributed by atoms with Crippen LogP contribution in [0.25, 0.3) is 0 Å². The Morgan fingerprint density at radius 3 is 1.84 bits per heavy atom. The Balaban J connectivity index is 1.49. The average molecular weight is 588 g/mol. The largest absolute Gasteiger partial charge is 0.445 e. The van der Waals surface area contributed by atoms with Gasteiger partial charge in [-0.1, -0.05) is 91.0 Å². The molecule has 4 amide bonds. The van der Waals surface area contributed by atoms with Crippen LogP contribution in [0, 0.1) is 0 Å². The number of rotatable bonds is 17. The molecule has 0 aliphatic carbocycles. The predicted octanol–water partition coefficient (Wildman–Crippen LogP) is 2.74. The van der Waals surface area contributed by atoms with Gasteiger partial charge in [-0.25, -0.2) is 4.79 Å². The average Bonchev–Trinajstić information content (AvgIpc) is 3.02. The van der Waals surface area contributed by atoms with E-state index < -0.39 is 41.9 Å². The zero-order valence-electron chi connectivity index (χ0n) is 24.2. The highest BCUT2D eigenvalue weighted by Crippen LogP contribution is 2.08. The topological polar surface area (TPSA) is 166 Å².